The molecule has 2 unspecified atom stereocenters. The summed E-state index contributed by atoms with van der Waals surface area (Å²) in [5, 5.41) is 20.9. The maximum Gasteiger partial charge on any atom is 0.119 e. The minimum absolute atomic E-state index is 0.0356. The smallest absolute Gasteiger partial charge is 0.119 e. The largest absolute Gasteiger partial charge is 0.508 e. The van der Waals surface area contributed by atoms with E-state index in [0.29, 0.717) is 14.3 Å². The van der Waals surface area contributed by atoms with Gasteiger partial charge in [0.25, 0.3) is 0 Å². The number of ether oxygens (including phenoxy) is 1. The summed E-state index contributed by atoms with van der Waals surface area (Å²) in [6.07, 6.45) is 0.880. The van der Waals surface area contributed by atoms with Gasteiger partial charge in [-0.3, -0.25) is 0 Å². The minimum Gasteiger partial charge on any atom is -0.508 e. The first-order valence-electron chi connectivity index (χ1n) is 7.79. The van der Waals surface area contributed by atoms with Gasteiger partial charge < -0.3 is 14.9 Å². The van der Waals surface area contributed by atoms with Crippen molar-refractivity contribution in [3.8, 4) is 11.5 Å². The fourth-order valence-corrected chi connectivity index (χ4v) is 4.29. The number of rotatable bonds is 6. The lowest BCUT2D eigenvalue weighted by atomic mass is 9.96. The third-order valence-electron chi connectivity index (χ3n) is 4.35. The monoisotopic (exact) mass is 332 g/mol. The lowest BCUT2D eigenvalue weighted by molar-refractivity contribution is 0.283. The highest BCUT2D eigenvalue weighted by atomic mass is 31.1. The van der Waals surface area contributed by atoms with Crippen LogP contribution in [-0.4, -0.2) is 17.3 Å². The van der Waals surface area contributed by atoms with Gasteiger partial charge in [-0.15, -0.1) is 0 Å². The molecule has 2 aromatic carbocycles. The number of aromatic hydroxyl groups is 1. The van der Waals surface area contributed by atoms with Gasteiger partial charge in [0, 0.05) is 10.7 Å². The van der Waals surface area contributed by atoms with Crippen molar-refractivity contribution < 1.29 is 14.9 Å². The average Bonchev–Trinajstić information content (AvgIpc) is 2.56. The van der Waals surface area contributed by atoms with E-state index < -0.39 is 0 Å². The second-order valence-electron chi connectivity index (χ2n) is 6.01. The number of methoxy groups -OCH3 is 1. The molecule has 0 radical (unpaired) electrons. The lowest BCUT2D eigenvalue weighted by Gasteiger charge is -2.31. The van der Waals surface area contributed by atoms with Gasteiger partial charge in [-0.1, -0.05) is 46.2 Å². The van der Waals surface area contributed by atoms with Crippen LogP contribution in [0.15, 0.2) is 36.4 Å². The highest BCUT2D eigenvalue weighted by Gasteiger charge is 2.29. The van der Waals surface area contributed by atoms with Crippen LogP contribution in [0, 0.1) is 6.92 Å². The molecule has 0 amide bonds. The molecule has 4 heteroatoms. The van der Waals surface area contributed by atoms with Crippen LogP contribution in [0.4, 0.5) is 0 Å². The van der Waals surface area contributed by atoms with Crippen LogP contribution in [0.5, 0.6) is 11.5 Å². The minimum atomic E-state index is -0.211. The van der Waals surface area contributed by atoms with E-state index in [2.05, 4.69) is 26.0 Å². The summed E-state index contributed by atoms with van der Waals surface area (Å²) in [6.45, 7) is 6.34. The van der Waals surface area contributed by atoms with Crippen molar-refractivity contribution in [1.82, 2.24) is 0 Å². The summed E-state index contributed by atoms with van der Waals surface area (Å²) in [6, 6.07) is 11.6. The Morgan fingerprint density at radius 2 is 1.91 bits per heavy atom. The molecule has 2 N–H and O–H groups in total. The number of aryl methyl sites for hydroxylation is 1. The van der Waals surface area contributed by atoms with Crippen LogP contribution >= 0.6 is 8.58 Å². The number of phenolic OH excluding ortho intramolecular Hbond substituents is 1. The van der Waals surface area contributed by atoms with E-state index >= 15 is 0 Å². The van der Waals surface area contributed by atoms with Gasteiger partial charge in [0.15, 0.2) is 0 Å². The molecule has 0 fully saturated rings. The molecule has 2 rings (SSSR count). The van der Waals surface area contributed by atoms with Gasteiger partial charge >= 0.3 is 0 Å². The summed E-state index contributed by atoms with van der Waals surface area (Å²) in [5.74, 6) is 1.04. The number of hydrogen-bond donors (Lipinski definition) is 2. The van der Waals surface area contributed by atoms with E-state index in [1.54, 1.807) is 19.2 Å². The van der Waals surface area contributed by atoms with Crippen LogP contribution in [0.3, 0.4) is 0 Å². The zero-order valence-corrected chi connectivity index (χ0v) is 15.2. The molecule has 0 aliphatic carbocycles. The van der Waals surface area contributed by atoms with Crippen molar-refractivity contribution >= 4 is 13.9 Å². The van der Waals surface area contributed by atoms with Crippen molar-refractivity contribution in [2.45, 2.75) is 39.0 Å². The Bertz CT molecular complexity index is 684. The molecule has 124 valence electrons. The molecule has 0 aliphatic heterocycles. The Balaban J connectivity index is 2.46. The first-order chi connectivity index (χ1) is 10.9. The SMILES string of the molecule is CCC(C)(Pc1ccc(C)cc1CO)c1cc(OC)ccc1O. The van der Waals surface area contributed by atoms with E-state index in [1.165, 1.54) is 0 Å². The summed E-state index contributed by atoms with van der Waals surface area (Å²) in [4.78, 5) is 0. The van der Waals surface area contributed by atoms with E-state index in [-0.39, 0.29) is 11.8 Å². The maximum absolute atomic E-state index is 10.3. The molecule has 2 aromatic rings. The highest BCUT2D eigenvalue weighted by molar-refractivity contribution is 7.48. The Morgan fingerprint density at radius 1 is 1.17 bits per heavy atom. The molecular formula is C19H25O3P. The van der Waals surface area contributed by atoms with Gasteiger partial charge in [-0.25, -0.2) is 0 Å². The van der Waals surface area contributed by atoms with Gasteiger partial charge in [-0.05, 0) is 42.4 Å². The average molecular weight is 332 g/mol. The summed E-state index contributed by atoms with van der Waals surface area (Å²) < 4.78 is 5.31. The third kappa shape index (κ3) is 3.85. The Morgan fingerprint density at radius 3 is 2.52 bits per heavy atom. The quantitative estimate of drug-likeness (QED) is 0.791. The molecule has 0 bridgehead atoms. The molecule has 0 aliphatic rings. The molecule has 0 heterocycles. The number of aliphatic hydroxyl groups excluding tert-OH is 1. The van der Waals surface area contributed by atoms with Crippen LogP contribution < -0.4 is 10.0 Å². The molecule has 0 saturated carbocycles. The van der Waals surface area contributed by atoms with E-state index in [0.717, 1.165) is 34.2 Å². The van der Waals surface area contributed by atoms with Crippen molar-refractivity contribution in [3.05, 3.63) is 53.1 Å². The van der Waals surface area contributed by atoms with Crippen LogP contribution in [0.2, 0.25) is 0 Å². The van der Waals surface area contributed by atoms with E-state index in [1.807, 2.05) is 19.1 Å². The molecular weight excluding hydrogens is 307 g/mol. The normalized spacial score (nSPS) is 14.1. The zero-order valence-electron chi connectivity index (χ0n) is 14.2. The molecule has 0 saturated heterocycles. The summed E-state index contributed by atoms with van der Waals surface area (Å²) in [7, 11) is 2.08. The highest BCUT2D eigenvalue weighted by Crippen LogP contribution is 2.48. The van der Waals surface area contributed by atoms with Gasteiger partial charge in [-0.2, -0.15) is 0 Å². The van der Waals surface area contributed by atoms with Crippen molar-refractivity contribution in [1.29, 1.82) is 0 Å². The first kappa shape index (κ1) is 17.8. The Labute approximate surface area is 140 Å². The molecule has 0 spiro atoms. The third-order valence-corrected chi connectivity index (χ3v) is 6.28. The fraction of sp³-hybridized carbons (Fsp3) is 0.368. The predicted molar refractivity (Wildman–Crippen MR) is 97.4 cm³/mol. The predicted octanol–water partition coefficient (Wildman–Crippen LogP) is 3.83. The standard InChI is InChI=1S/C19H25O3P/c1-5-19(3,16-11-15(22-4)7-8-17(16)21)23-18-9-6-13(2)10-14(18)12-20/h6-11,20-21,23H,5,12H2,1-4H3. The summed E-state index contributed by atoms with van der Waals surface area (Å²) in [5.41, 5.74) is 3.00. The fourth-order valence-electron chi connectivity index (χ4n) is 2.70. The van der Waals surface area contributed by atoms with Crippen molar-refractivity contribution in [2.75, 3.05) is 7.11 Å². The summed E-state index contributed by atoms with van der Waals surface area (Å²) >= 11 is 0. The lowest BCUT2D eigenvalue weighted by Crippen LogP contribution is -2.20. The zero-order chi connectivity index (χ0) is 17.0. The van der Waals surface area contributed by atoms with Gasteiger partial charge in [0.1, 0.15) is 11.5 Å². The molecule has 3 nitrogen and oxygen atoms in total. The van der Waals surface area contributed by atoms with Crippen molar-refractivity contribution in [3.63, 3.8) is 0 Å². The number of benzene rings is 2. The molecule has 23 heavy (non-hydrogen) atoms. The van der Waals surface area contributed by atoms with Crippen LogP contribution in [-0.2, 0) is 11.8 Å². The first-order valence-corrected chi connectivity index (χ1v) is 8.79. The second-order valence-corrected chi connectivity index (χ2v) is 7.90. The Kier molecular flexibility index (Phi) is 5.67. The number of hydrogen-bond acceptors (Lipinski definition) is 3. The van der Waals surface area contributed by atoms with Gasteiger partial charge in [0.05, 0.1) is 13.7 Å². The molecule has 2 atom stereocenters. The van der Waals surface area contributed by atoms with Crippen molar-refractivity contribution in [2.24, 2.45) is 0 Å². The topological polar surface area (TPSA) is 49.7 Å². The van der Waals surface area contributed by atoms with Crippen LogP contribution in [0.25, 0.3) is 0 Å². The number of phenols is 1. The molecule has 0 aromatic heterocycles. The number of aliphatic hydroxyl groups is 1. The maximum atomic E-state index is 10.3. The van der Waals surface area contributed by atoms with Gasteiger partial charge in [0.2, 0.25) is 0 Å². The van der Waals surface area contributed by atoms with Crippen LogP contribution in [0.1, 0.15) is 37.0 Å². The Hall–Kier alpha value is -1.57. The van der Waals surface area contributed by atoms with E-state index in [4.69, 9.17) is 4.74 Å². The van der Waals surface area contributed by atoms with E-state index in [9.17, 15) is 10.2 Å². The second kappa shape index (κ2) is 7.33.